The lowest BCUT2D eigenvalue weighted by molar-refractivity contribution is 0.302. The number of nitrogens with zero attached hydrogens (tertiary/aromatic N) is 5. The zero-order valence-corrected chi connectivity index (χ0v) is 15.3. The Bertz CT molecular complexity index is 927. The van der Waals surface area contributed by atoms with Gasteiger partial charge in [0.05, 0.1) is 35.0 Å². The minimum Gasteiger partial charge on any atom is -0.395 e. The molecule has 0 aliphatic rings. The van der Waals surface area contributed by atoms with Crippen LogP contribution in [0.5, 0.6) is 0 Å². The van der Waals surface area contributed by atoms with Crippen molar-refractivity contribution in [1.29, 1.82) is 5.26 Å². The minimum absolute atomic E-state index is 0.0452. The van der Waals surface area contributed by atoms with Gasteiger partial charge < -0.3 is 10.0 Å². The molecule has 3 rings (SSSR count). The summed E-state index contributed by atoms with van der Waals surface area (Å²) >= 11 is 1.51. The Labute approximate surface area is 156 Å². The second kappa shape index (κ2) is 8.52. The maximum Gasteiger partial charge on any atom is 0.231 e. The Balaban J connectivity index is 1.79. The maximum atomic E-state index is 9.23. The number of thiazole rings is 1. The molecule has 2 aromatic carbocycles. The fraction of sp³-hybridized carbons (Fsp3) is 0.263. The van der Waals surface area contributed by atoms with Crippen molar-refractivity contribution in [2.45, 2.75) is 13.3 Å². The van der Waals surface area contributed by atoms with Gasteiger partial charge in [0.1, 0.15) is 0 Å². The normalized spacial score (nSPS) is 11.1. The molecule has 1 aromatic heterocycles. The highest BCUT2D eigenvalue weighted by Crippen LogP contribution is 2.31. The van der Waals surface area contributed by atoms with Crippen molar-refractivity contribution in [3.8, 4) is 6.07 Å². The molecule has 0 unspecified atom stereocenters. The predicted octanol–water partition coefficient (Wildman–Crippen LogP) is 4.73. The van der Waals surface area contributed by atoms with Gasteiger partial charge in [-0.1, -0.05) is 23.5 Å². The standard InChI is InChI=1S/C19H19N5OS/c1-14-13-15(24(11-12-25)10-4-9-20)7-8-16(14)22-23-19-21-17-5-2-3-6-18(17)26-19/h2-3,5-8,13,25H,4,10-12H2,1H3. The average Bonchev–Trinajstić information content (AvgIpc) is 3.07. The molecule has 1 N–H and O–H groups in total. The first-order valence-electron chi connectivity index (χ1n) is 8.32. The number of azo groups is 1. The van der Waals surface area contributed by atoms with Crippen LogP contribution in [0, 0.1) is 18.3 Å². The summed E-state index contributed by atoms with van der Waals surface area (Å²) in [4.78, 5) is 6.44. The zero-order valence-electron chi connectivity index (χ0n) is 14.5. The molecule has 0 saturated heterocycles. The van der Waals surface area contributed by atoms with Gasteiger partial charge in [0.15, 0.2) is 0 Å². The van der Waals surface area contributed by atoms with Crippen LogP contribution in [0.2, 0.25) is 0 Å². The lowest BCUT2D eigenvalue weighted by Gasteiger charge is -2.23. The average molecular weight is 365 g/mol. The number of benzene rings is 2. The molecule has 3 aromatic rings. The molecular formula is C19H19N5OS. The zero-order chi connectivity index (χ0) is 18.4. The molecule has 7 heteroatoms. The number of nitriles is 1. The quantitative estimate of drug-likeness (QED) is 0.613. The molecule has 0 radical (unpaired) electrons. The van der Waals surface area contributed by atoms with Gasteiger partial charge in [-0.2, -0.15) is 5.26 Å². The van der Waals surface area contributed by atoms with Gasteiger partial charge in [0.2, 0.25) is 5.13 Å². The van der Waals surface area contributed by atoms with Gasteiger partial charge >= 0.3 is 0 Å². The summed E-state index contributed by atoms with van der Waals surface area (Å²) in [5.74, 6) is 0. The van der Waals surface area contributed by atoms with E-state index in [0.29, 0.717) is 24.6 Å². The van der Waals surface area contributed by atoms with Gasteiger partial charge in [-0.05, 0) is 42.8 Å². The van der Waals surface area contributed by atoms with Crippen LogP contribution in [-0.4, -0.2) is 29.8 Å². The van der Waals surface area contributed by atoms with Crippen LogP contribution in [0.4, 0.5) is 16.5 Å². The van der Waals surface area contributed by atoms with E-state index in [2.05, 4.69) is 21.3 Å². The first-order chi connectivity index (χ1) is 12.7. The third kappa shape index (κ3) is 4.23. The first-order valence-corrected chi connectivity index (χ1v) is 9.13. The fourth-order valence-electron chi connectivity index (χ4n) is 2.62. The van der Waals surface area contributed by atoms with Gasteiger partial charge in [-0.25, -0.2) is 4.98 Å². The van der Waals surface area contributed by atoms with Crippen molar-refractivity contribution in [3.63, 3.8) is 0 Å². The van der Waals surface area contributed by atoms with Crippen molar-refractivity contribution in [2.24, 2.45) is 10.2 Å². The Morgan fingerprint density at radius 3 is 2.77 bits per heavy atom. The summed E-state index contributed by atoms with van der Waals surface area (Å²) in [5, 5.41) is 27.2. The third-order valence-corrected chi connectivity index (χ3v) is 4.86. The van der Waals surface area contributed by atoms with Crippen molar-refractivity contribution in [1.82, 2.24) is 4.98 Å². The number of hydrogen-bond donors (Lipinski definition) is 1. The summed E-state index contributed by atoms with van der Waals surface area (Å²) in [7, 11) is 0. The van der Waals surface area contributed by atoms with Crippen LogP contribution < -0.4 is 4.90 Å². The van der Waals surface area contributed by atoms with E-state index in [1.54, 1.807) is 0 Å². The van der Waals surface area contributed by atoms with E-state index in [0.717, 1.165) is 27.2 Å². The summed E-state index contributed by atoms with van der Waals surface area (Å²) in [6.07, 6.45) is 0.415. The monoisotopic (exact) mass is 365 g/mol. The molecule has 26 heavy (non-hydrogen) atoms. The molecule has 0 spiro atoms. The largest absolute Gasteiger partial charge is 0.395 e. The van der Waals surface area contributed by atoms with Crippen LogP contribution in [0.3, 0.4) is 0 Å². The van der Waals surface area contributed by atoms with Crippen LogP contribution in [-0.2, 0) is 0 Å². The van der Waals surface area contributed by atoms with Crippen molar-refractivity contribution < 1.29 is 5.11 Å². The van der Waals surface area contributed by atoms with Gasteiger partial charge in [0.25, 0.3) is 0 Å². The number of hydrogen-bond acceptors (Lipinski definition) is 7. The first kappa shape index (κ1) is 18.0. The lowest BCUT2D eigenvalue weighted by Crippen LogP contribution is -2.27. The number of rotatable bonds is 7. The van der Waals surface area contributed by atoms with Crippen LogP contribution >= 0.6 is 11.3 Å². The molecule has 0 amide bonds. The second-order valence-corrected chi connectivity index (χ2v) is 6.76. The van der Waals surface area contributed by atoms with E-state index in [9.17, 15) is 5.11 Å². The second-order valence-electron chi connectivity index (χ2n) is 5.75. The molecule has 0 aliphatic carbocycles. The number of aliphatic hydroxyl groups is 1. The molecule has 0 atom stereocenters. The number of aryl methyl sites for hydroxylation is 1. The molecule has 0 saturated carbocycles. The molecule has 6 nitrogen and oxygen atoms in total. The van der Waals surface area contributed by atoms with Crippen molar-refractivity contribution in [3.05, 3.63) is 48.0 Å². The maximum absolute atomic E-state index is 9.23. The summed E-state index contributed by atoms with van der Waals surface area (Å²) in [5.41, 5.74) is 3.64. The number of aliphatic hydroxyl groups excluding tert-OH is 1. The van der Waals surface area contributed by atoms with Gasteiger partial charge in [0, 0.05) is 18.8 Å². The highest BCUT2D eigenvalue weighted by molar-refractivity contribution is 7.21. The number of para-hydroxylation sites is 1. The molecule has 0 aliphatic heterocycles. The molecule has 1 heterocycles. The van der Waals surface area contributed by atoms with Crippen LogP contribution in [0.25, 0.3) is 10.2 Å². The van der Waals surface area contributed by atoms with E-state index in [1.165, 1.54) is 11.3 Å². The topological polar surface area (TPSA) is 84.9 Å². The number of fused-ring (bicyclic) bond motifs is 1. The minimum atomic E-state index is 0.0452. The van der Waals surface area contributed by atoms with Gasteiger partial charge in [-0.3, -0.25) is 0 Å². The van der Waals surface area contributed by atoms with E-state index in [1.807, 2.05) is 54.3 Å². The molecule has 0 bridgehead atoms. The van der Waals surface area contributed by atoms with E-state index < -0.39 is 0 Å². The van der Waals surface area contributed by atoms with Crippen molar-refractivity contribution in [2.75, 3.05) is 24.6 Å². The highest BCUT2D eigenvalue weighted by Gasteiger charge is 2.08. The van der Waals surface area contributed by atoms with E-state index in [-0.39, 0.29) is 6.61 Å². The number of aromatic nitrogens is 1. The Kier molecular flexibility index (Phi) is 5.89. The highest BCUT2D eigenvalue weighted by atomic mass is 32.1. The Morgan fingerprint density at radius 2 is 2.04 bits per heavy atom. The van der Waals surface area contributed by atoms with Crippen LogP contribution in [0.15, 0.2) is 52.7 Å². The lowest BCUT2D eigenvalue weighted by atomic mass is 10.1. The Morgan fingerprint density at radius 1 is 1.19 bits per heavy atom. The fourth-order valence-corrected chi connectivity index (χ4v) is 3.41. The van der Waals surface area contributed by atoms with Crippen molar-refractivity contribution >= 4 is 38.1 Å². The molecule has 132 valence electrons. The van der Waals surface area contributed by atoms with E-state index >= 15 is 0 Å². The predicted molar refractivity (Wildman–Crippen MR) is 105 cm³/mol. The smallest absolute Gasteiger partial charge is 0.231 e. The Hall–Kier alpha value is -2.82. The summed E-state index contributed by atoms with van der Waals surface area (Å²) < 4.78 is 1.09. The summed E-state index contributed by atoms with van der Waals surface area (Å²) in [6, 6.07) is 15.9. The molecular weight excluding hydrogens is 346 g/mol. The van der Waals surface area contributed by atoms with E-state index in [4.69, 9.17) is 5.26 Å². The number of anilines is 1. The van der Waals surface area contributed by atoms with Crippen LogP contribution in [0.1, 0.15) is 12.0 Å². The molecule has 0 fully saturated rings. The SMILES string of the molecule is Cc1cc(N(CCO)CCC#N)ccc1N=Nc1nc2ccccc2s1. The third-order valence-electron chi connectivity index (χ3n) is 3.93. The van der Waals surface area contributed by atoms with Gasteiger partial charge in [-0.15, -0.1) is 10.2 Å². The summed E-state index contributed by atoms with van der Waals surface area (Å²) in [6.45, 7) is 3.10.